The lowest BCUT2D eigenvalue weighted by Crippen LogP contribution is -2.65. The summed E-state index contributed by atoms with van der Waals surface area (Å²) in [6.45, 7) is 1.50. The van der Waals surface area contributed by atoms with E-state index in [0.717, 1.165) is 23.2 Å². The van der Waals surface area contributed by atoms with Crippen LogP contribution in [0.25, 0.3) is 11.3 Å². The molecule has 0 spiro atoms. The quantitative estimate of drug-likeness (QED) is 0.178. The third-order valence-corrected chi connectivity index (χ3v) is 6.49. The van der Waals surface area contributed by atoms with Gasteiger partial charge in [-0.05, 0) is 12.8 Å². The van der Waals surface area contributed by atoms with E-state index in [9.17, 15) is 14.4 Å². The molecule has 1 saturated heterocycles. The van der Waals surface area contributed by atoms with Crippen LogP contribution in [-0.4, -0.2) is 63.0 Å². The van der Waals surface area contributed by atoms with Crippen LogP contribution in [0.15, 0.2) is 40.9 Å². The van der Waals surface area contributed by atoms with Crippen LogP contribution in [0.3, 0.4) is 0 Å². The second kappa shape index (κ2) is 9.13. The Bertz CT molecular complexity index is 909. The molecule has 10 heteroatoms. The predicted octanol–water partition coefficient (Wildman–Crippen LogP) is 1.42. The zero-order chi connectivity index (χ0) is 21.1. The van der Waals surface area contributed by atoms with Crippen molar-refractivity contribution < 1.29 is 18.9 Å². The summed E-state index contributed by atoms with van der Waals surface area (Å²) in [5, 5.41) is 8.28. The number of carbonyl (C=O) groups excluding carboxylic acids is 3. The van der Waals surface area contributed by atoms with Gasteiger partial charge < -0.3 is 9.84 Å². The number of carbonyl (C=O) groups is 3. The van der Waals surface area contributed by atoms with Crippen molar-refractivity contribution in [3.8, 4) is 11.3 Å². The molecule has 1 aromatic carbocycles. The van der Waals surface area contributed by atoms with Gasteiger partial charge in [-0.3, -0.25) is 24.7 Å². The first-order chi connectivity index (χ1) is 14.6. The van der Waals surface area contributed by atoms with Gasteiger partial charge in [0.25, 0.3) is 5.91 Å². The standard InChI is InChI=1S/C20H22IN5O4/c21-11-25-9-16(10-25)26(22-12-27)20(29)14-6-15(7-14)23-19(28)18-8-17(24-30-18)13-4-2-1-3-5-13/h1-5,8,12,14-16H,6-7,9-11H2,(H,22,27)(H,23,28). The summed E-state index contributed by atoms with van der Waals surface area (Å²) >= 11 is 2.27. The maximum absolute atomic E-state index is 12.7. The van der Waals surface area contributed by atoms with E-state index in [2.05, 4.69) is 43.4 Å². The number of halogens is 1. The molecule has 0 radical (unpaired) electrons. The lowest BCUT2D eigenvalue weighted by molar-refractivity contribution is -0.152. The fraction of sp³-hybridized carbons (Fsp3) is 0.400. The predicted molar refractivity (Wildman–Crippen MR) is 116 cm³/mol. The molecule has 1 aliphatic carbocycles. The second-order valence-corrected chi connectivity index (χ2v) is 8.23. The highest BCUT2D eigenvalue weighted by molar-refractivity contribution is 14.1. The van der Waals surface area contributed by atoms with Crippen molar-refractivity contribution in [2.45, 2.75) is 24.9 Å². The number of nitrogens with one attached hydrogen (secondary N) is 2. The summed E-state index contributed by atoms with van der Waals surface area (Å²) < 4.78 is 6.07. The number of nitrogens with zero attached hydrogens (tertiary/aromatic N) is 3. The van der Waals surface area contributed by atoms with Crippen LogP contribution in [0.4, 0.5) is 0 Å². The van der Waals surface area contributed by atoms with Crippen molar-refractivity contribution in [3.63, 3.8) is 0 Å². The van der Waals surface area contributed by atoms with Gasteiger partial charge in [0.05, 0.1) is 10.6 Å². The van der Waals surface area contributed by atoms with Gasteiger partial charge in [-0.2, -0.15) is 0 Å². The minimum absolute atomic E-state index is 0.00305. The molecule has 2 N–H and O–H groups in total. The molecule has 1 saturated carbocycles. The molecule has 2 aromatic rings. The van der Waals surface area contributed by atoms with Gasteiger partial charge in [0.1, 0.15) is 5.69 Å². The van der Waals surface area contributed by atoms with Crippen molar-refractivity contribution in [1.82, 2.24) is 25.8 Å². The van der Waals surface area contributed by atoms with Crippen molar-refractivity contribution in [2.75, 3.05) is 17.6 Å². The molecule has 2 aliphatic rings. The van der Waals surface area contributed by atoms with Crippen molar-refractivity contribution in [3.05, 3.63) is 42.2 Å². The summed E-state index contributed by atoms with van der Waals surface area (Å²) in [7, 11) is 0. The molecular weight excluding hydrogens is 501 g/mol. The third kappa shape index (κ3) is 4.33. The van der Waals surface area contributed by atoms with Crippen LogP contribution in [0.1, 0.15) is 23.4 Å². The molecule has 9 nitrogen and oxygen atoms in total. The fourth-order valence-electron chi connectivity index (χ4n) is 3.73. The van der Waals surface area contributed by atoms with Crippen LogP contribution in [0.2, 0.25) is 0 Å². The van der Waals surface area contributed by atoms with Crippen LogP contribution in [-0.2, 0) is 9.59 Å². The first kappa shape index (κ1) is 20.8. The first-order valence-electron chi connectivity index (χ1n) is 9.73. The highest BCUT2D eigenvalue weighted by Gasteiger charge is 2.42. The van der Waals surface area contributed by atoms with Crippen LogP contribution in [0.5, 0.6) is 0 Å². The fourth-order valence-corrected chi connectivity index (χ4v) is 4.28. The molecule has 1 aliphatic heterocycles. The molecule has 3 amide bonds. The van der Waals surface area contributed by atoms with E-state index in [4.69, 9.17) is 4.52 Å². The highest BCUT2D eigenvalue weighted by atomic mass is 127. The number of likely N-dealkylation sites (tertiary alicyclic amines) is 1. The maximum atomic E-state index is 12.7. The molecule has 0 bridgehead atoms. The molecule has 30 heavy (non-hydrogen) atoms. The SMILES string of the molecule is O=CNN(C(=O)C1CC(NC(=O)c2cc(-c3ccccc3)no2)C1)C1CN(CI)C1. The van der Waals surface area contributed by atoms with Crippen molar-refractivity contribution >= 4 is 40.8 Å². The molecule has 0 unspecified atom stereocenters. The van der Waals surface area contributed by atoms with Crippen molar-refractivity contribution in [1.29, 1.82) is 0 Å². The molecular formula is C20H22IN5O4. The Morgan fingerprint density at radius 3 is 2.67 bits per heavy atom. The largest absolute Gasteiger partial charge is 0.350 e. The first-order valence-corrected chi connectivity index (χ1v) is 11.3. The third-order valence-electron chi connectivity index (χ3n) is 5.53. The normalized spacial score (nSPS) is 21.2. The smallest absolute Gasteiger partial charge is 0.290 e. The Morgan fingerprint density at radius 1 is 1.27 bits per heavy atom. The van der Waals surface area contributed by atoms with Crippen LogP contribution in [0, 0.1) is 5.92 Å². The number of hydrogen-bond acceptors (Lipinski definition) is 6. The molecule has 2 fully saturated rings. The Hall–Kier alpha value is -2.47. The van der Waals surface area contributed by atoms with E-state index in [-0.39, 0.29) is 35.6 Å². The van der Waals surface area contributed by atoms with E-state index in [0.29, 0.717) is 24.9 Å². The number of benzene rings is 1. The number of hydrazine groups is 1. The number of alkyl halides is 1. The molecule has 1 aromatic heterocycles. The lowest BCUT2D eigenvalue weighted by Gasteiger charge is -2.46. The van der Waals surface area contributed by atoms with Gasteiger partial charge in [0.15, 0.2) is 0 Å². The summed E-state index contributed by atoms with van der Waals surface area (Å²) in [4.78, 5) is 38.3. The van der Waals surface area contributed by atoms with Gasteiger partial charge in [-0.1, -0.05) is 58.1 Å². The van der Waals surface area contributed by atoms with Gasteiger partial charge in [-0.15, -0.1) is 0 Å². The minimum Gasteiger partial charge on any atom is -0.350 e. The van der Waals surface area contributed by atoms with Crippen molar-refractivity contribution in [2.24, 2.45) is 5.92 Å². The zero-order valence-corrected chi connectivity index (χ0v) is 18.3. The molecule has 158 valence electrons. The van der Waals surface area contributed by atoms with Gasteiger partial charge in [0.2, 0.25) is 18.1 Å². The molecule has 2 heterocycles. The van der Waals surface area contributed by atoms with E-state index < -0.39 is 0 Å². The summed E-state index contributed by atoms with van der Waals surface area (Å²) in [5.41, 5.74) is 4.01. The topological polar surface area (TPSA) is 108 Å². The summed E-state index contributed by atoms with van der Waals surface area (Å²) in [6, 6.07) is 11.0. The molecule has 4 rings (SSSR count). The number of rotatable bonds is 8. The maximum Gasteiger partial charge on any atom is 0.290 e. The van der Waals surface area contributed by atoms with E-state index >= 15 is 0 Å². The average Bonchev–Trinajstić information content (AvgIpc) is 3.19. The monoisotopic (exact) mass is 523 g/mol. The summed E-state index contributed by atoms with van der Waals surface area (Å²) in [6.07, 6.45) is 1.60. The van der Waals surface area contributed by atoms with Crippen LogP contribution >= 0.6 is 22.6 Å². The van der Waals surface area contributed by atoms with Crippen LogP contribution < -0.4 is 10.7 Å². The molecule has 0 atom stereocenters. The van der Waals surface area contributed by atoms with Gasteiger partial charge >= 0.3 is 0 Å². The Labute approximate surface area is 187 Å². The average molecular weight is 523 g/mol. The van der Waals surface area contributed by atoms with Gasteiger partial charge in [-0.25, -0.2) is 5.01 Å². The number of aromatic nitrogens is 1. The number of hydrogen-bond donors (Lipinski definition) is 2. The Balaban J connectivity index is 1.28. The highest BCUT2D eigenvalue weighted by Crippen LogP contribution is 2.31. The summed E-state index contributed by atoms with van der Waals surface area (Å²) in [5.74, 6) is -0.524. The lowest BCUT2D eigenvalue weighted by atomic mass is 9.79. The van der Waals surface area contributed by atoms with E-state index in [1.807, 2.05) is 30.3 Å². The number of amides is 3. The van der Waals surface area contributed by atoms with E-state index in [1.165, 1.54) is 5.01 Å². The Kier molecular flexibility index (Phi) is 6.32. The van der Waals surface area contributed by atoms with Gasteiger partial charge in [0, 0.05) is 36.7 Å². The Morgan fingerprint density at radius 2 is 2.00 bits per heavy atom. The minimum atomic E-state index is -0.347. The van der Waals surface area contributed by atoms with E-state index in [1.54, 1.807) is 6.07 Å². The second-order valence-electron chi connectivity index (χ2n) is 7.55. The zero-order valence-electron chi connectivity index (χ0n) is 16.2.